The van der Waals surface area contributed by atoms with E-state index in [4.69, 9.17) is 10.00 Å². The molecule has 0 saturated carbocycles. The number of hydrogen-bond acceptors (Lipinski definition) is 4. The van der Waals surface area contributed by atoms with Crippen LogP contribution < -0.4 is 10.1 Å². The molecule has 1 N–H and O–H groups in total. The molecule has 0 heterocycles. The topological polar surface area (TPSA) is 68.8 Å². The van der Waals surface area contributed by atoms with E-state index >= 15 is 0 Å². The lowest BCUT2D eigenvalue weighted by molar-refractivity contribution is -0.139. The van der Waals surface area contributed by atoms with Crippen molar-refractivity contribution in [2.75, 3.05) is 6.61 Å². The molecule has 0 amide bonds. The molecule has 1 atom stereocenters. The highest BCUT2D eigenvalue weighted by Gasteiger charge is 2.36. The van der Waals surface area contributed by atoms with E-state index in [-0.39, 0.29) is 5.56 Å². The summed E-state index contributed by atoms with van der Waals surface area (Å²) in [4.78, 5) is -1.08. The summed E-state index contributed by atoms with van der Waals surface area (Å²) >= 11 is 4.65. The van der Waals surface area contributed by atoms with Crippen LogP contribution in [0.15, 0.2) is 18.2 Å². The molecule has 0 unspecified atom stereocenters. The summed E-state index contributed by atoms with van der Waals surface area (Å²) in [6.07, 6.45) is -4.88. The molecule has 0 spiro atoms. The van der Waals surface area contributed by atoms with Crippen LogP contribution in [-0.4, -0.2) is 17.1 Å². The van der Waals surface area contributed by atoms with E-state index in [2.05, 4.69) is 12.2 Å². The van der Waals surface area contributed by atoms with Gasteiger partial charge in [-0.1, -0.05) is 12.2 Å². The molecule has 0 aliphatic heterocycles. The van der Waals surface area contributed by atoms with E-state index in [0.717, 1.165) is 19.1 Å². The van der Waals surface area contributed by atoms with Gasteiger partial charge in [-0.3, -0.25) is 0 Å². The molecule has 4 nitrogen and oxygen atoms in total. The molecule has 13 heteroatoms. The van der Waals surface area contributed by atoms with Crippen LogP contribution >= 0.6 is 12.2 Å². The van der Waals surface area contributed by atoms with Crippen molar-refractivity contribution in [1.82, 2.24) is 5.32 Å². The molecule has 0 aliphatic rings. The van der Waals surface area contributed by atoms with E-state index in [0.29, 0.717) is 6.07 Å². The molecule has 0 aromatic heterocycles. The highest BCUT2D eigenvalue weighted by molar-refractivity contribution is 7.80. The maximum Gasteiger partial charge on any atom is 0.419 e. The molecule has 32 heavy (non-hydrogen) atoms. The van der Waals surface area contributed by atoms with E-state index in [1.165, 1.54) is 6.07 Å². The highest BCUT2D eigenvalue weighted by atomic mass is 32.1. The highest BCUT2D eigenvalue weighted by Crippen LogP contribution is 2.37. The van der Waals surface area contributed by atoms with Crippen molar-refractivity contribution in [2.45, 2.75) is 18.6 Å². The third kappa shape index (κ3) is 4.89. The first kappa shape index (κ1) is 24.8. The van der Waals surface area contributed by atoms with Gasteiger partial charge in [-0.25, -0.2) is 22.0 Å². The van der Waals surface area contributed by atoms with Gasteiger partial charge < -0.3 is 10.1 Å². The molecule has 2 rings (SSSR count). The Morgan fingerprint density at radius 1 is 1.00 bits per heavy atom. The number of halogens is 8. The van der Waals surface area contributed by atoms with Gasteiger partial charge in [0, 0.05) is 0 Å². The Hall–Kier alpha value is -3.45. The lowest BCUT2D eigenvalue weighted by Crippen LogP contribution is -2.49. The SMILES string of the molecule is C[C@](C#N)(COc1cc(C#N)ccc1C(F)(F)F)NC(=S)c1c(F)c(F)c(F)c(F)c1F. The molecule has 168 valence electrons. The van der Waals surface area contributed by atoms with Crippen molar-refractivity contribution < 1.29 is 39.9 Å². The van der Waals surface area contributed by atoms with Crippen LogP contribution in [-0.2, 0) is 6.18 Å². The third-order valence-electron chi connectivity index (χ3n) is 4.01. The zero-order valence-corrected chi connectivity index (χ0v) is 16.5. The summed E-state index contributed by atoms with van der Waals surface area (Å²) in [5.41, 5.74) is -5.08. The molecule has 0 bridgehead atoms. The van der Waals surface area contributed by atoms with Gasteiger partial charge in [0.05, 0.1) is 28.8 Å². The third-order valence-corrected chi connectivity index (χ3v) is 4.31. The van der Waals surface area contributed by atoms with Gasteiger partial charge in [0.25, 0.3) is 0 Å². The molecule has 0 aliphatic carbocycles. The second-order valence-electron chi connectivity index (χ2n) is 6.45. The lowest BCUT2D eigenvalue weighted by Gasteiger charge is -2.26. The summed E-state index contributed by atoms with van der Waals surface area (Å²) < 4.78 is 112. The van der Waals surface area contributed by atoms with Gasteiger partial charge in [-0.2, -0.15) is 23.7 Å². The van der Waals surface area contributed by atoms with E-state index in [1.54, 1.807) is 6.07 Å². The predicted octanol–water partition coefficient (Wildman–Crippen LogP) is 4.90. The van der Waals surface area contributed by atoms with Gasteiger partial charge in [0.1, 0.15) is 17.3 Å². The monoisotopic (exact) mass is 479 g/mol. The maximum atomic E-state index is 13.9. The Kier molecular flexibility index (Phi) is 6.95. The number of thiocarbonyl (C=S) groups is 1. The summed E-state index contributed by atoms with van der Waals surface area (Å²) in [6, 6.07) is 5.36. The molecule has 2 aromatic carbocycles. The quantitative estimate of drug-likeness (QED) is 0.286. The number of nitriles is 2. The average molecular weight is 479 g/mol. The Morgan fingerprint density at radius 2 is 1.53 bits per heavy atom. The van der Waals surface area contributed by atoms with E-state index in [1.807, 2.05) is 5.32 Å². The minimum Gasteiger partial charge on any atom is -0.489 e. The number of nitrogens with zero attached hydrogens (tertiary/aromatic N) is 2. The molecular formula is C19H9F8N3OS. The molecule has 0 saturated heterocycles. The fourth-order valence-electron chi connectivity index (χ4n) is 2.38. The smallest absolute Gasteiger partial charge is 0.419 e. The second kappa shape index (κ2) is 8.96. The first-order valence-electron chi connectivity index (χ1n) is 8.25. The zero-order valence-electron chi connectivity index (χ0n) is 15.7. The van der Waals surface area contributed by atoms with Crippen molar-refractivity contribution in [1.29, 1.82) is 10.5 Å². The minimum atomic E-state index is -4.88. The predicted molar refractivity (Wildman–Crippen MR) is 96.7 cm³/mol. The maximum absolute atomic E-state index is 13.9. The molecular weight excluding hydrogens is 470 g/mol. The fraction of sp³-hybridized carbons (Fsp3) is 0.211. The minimum absolute atomic E-state index is 0.198. The fourth-order valence-corrected chi connectivity index (χ4v) is 2.79. The zero-order chi connectivity index (χ0) is 24.4. The van der Waals surface area contributed by atoms with Crippen LogP contribution in [0.4, 0.5) is 35.1 Å². The Morgan fingerprint density at radius 3 is 2.00 bits per heavy atom. The first-order chi connectivity index (χ1) is 14.8. The van der Waals surface area contributed by atoms with Crippen molar-refractivity contribution in [3.63, 3.8) is 0 Å². The number of nitrogens with one attached hydrogen (secondary N) is 1. The van der Waals surface area contributed by atoms with Gasteiger partial charge in [0.15, 0.2) is 28.8 Å². The summed E-state index contributed by atoms with van der Waals surface area (Å²) in [5, 5.41) is 20.3. The standard InChI is InChI=1S/C19H9F8N3OS/c1-18(6-29,7-31-10-4-8(5-28)2-3-9(10)19(25,26)27)30-17(32)11-12(20)14(22)16(24)15(23)13(11)21/h2-4H,7H2,1H3,(H,30,32)/t18-/m0/s1. The number of rotatable bonds is 5. The largest absolute Gasteiger partial charge is 0.489 e. The summed E-state index contributed by atoms with van der Waals surface area (Å²) in [5.74, 6) is -12.3. The Bertz CT molecular complexity index is 1140. The second-order valence-corrected chi connectivity index (χ2v) is 6.86. The average Bonchev–Trinajstić information content (AvgIpc) is 2.74. The molecule has 0 radical (unpaired) electrons. The van der Waals surface area contributed by atoms with Crippen molar-refractivity contribution >= 4 is 17.2 Å². The number of hydrogen-bond donors (Lipinski definition) is 1. The summed E-state index contributed by atoms with van der Waals surface area (Å²) in [6.45, 7) is 0.0732. The van der Waals surface area contributed by atoms with Crippen molar-refractivity contribution in [3.05, 3.63) is 64.0 Å². The van der Waals surface area contributed by atoms with E-state index in [9.17, 15) is 40.4 Å². The van der Waals surface area contributed by atoms with Crippen LogP contribution in [0.25, 0.3) is 0 Å². The van der Waals surface area contributed by atoms with Gasteiger partial charge in [-0.15, -0.1) is 0 Å². The van der Waals surface area contributed by atoms with Crippen molar-refractivity contribution in [2.24, 2.45) is 0 Å². The van der Waals surface area contributed by atoms with Crippen LogP contribution in [0.5, 0.6) is 5.75 Å². The van der Waals surface area contributed by atoms with Crippen LogP contribution in [0.2, 0.25) is 0 Å². The first-order valence-corrected chi connectivity index (χ1v) is 8.66. The molecule has 0 fully saturated rings. The molecule has 2 aromatic rings. The van der Waals surface area contributed by atoms with Gasteiger partial charge in [-0.05, 0) is 25.1 Å². The Labute approximate surface area is 180 Å². The number of ether oxygens (including phenoxy) is 1. The van der Waals surface area contributed by atoms with E-state index < -0.39 is 69.3 Å². The van der Waals surface area contributed by atoms with Crippen LogP contribution in [0.3, 0.4) is 0 Å². The normalized spacial score (nSPS) is 13.0. The van der Waals surface area contributed by atoms with Crippen LogP contribution in [0, 0.1) is 51.7 Å². The summed E-state index contributed by atoms with van der Waals surface area (Å²) in [7, 11) is 0. The number of benzene rings is 2. The van der Waals surface area contributed by atoms with Gasteiger partial charge >= 0.3 is 6.18 Å². The van der Waals surface area contributed by atoms with Gasteiger partial charge in [0.2, 0.25) is 5.82 Å². The lowest BCUT2D eigenvalue weighted by atomic mass is 10.0. The van der Waals surface area contributed by atoms with Crippen LogP contribution in [0.1, 0.15) is 23.6 Å². The Balaban J connectivity index is 2.36. The van der Waals surface area contributed by atoms with Crippen molar-refractivity contribution in [3.8, 4) is 17.9 Å². The number of alkyl halides is 3.